The van der Waals surface area contributed by atoms with Gasteiger partial charge < -0.3 is 9.74 Å². The molecule has 0 saturated carbocycles. The Hall–Kier alpha value is -1.91. The maximum atomic E-state index is 13.0. The highest BCUT2D eigenvalue weighted by Gasteiger charge is 2.44. The molecule has 1 atom stereocenters. The van der Waals surface area contributed by atoms with E-state index in [0.29, 0.717) is 12.1 Å². The number of amides is 1. The number of rotatable bonds is 2. The van der Waals surface area contributed by atoms with Crippen molar-refractivity contribution >= 4 is 11.6 Å². The Balaban J connectivity index is 1.70. The molecule has 22 heavy (non-hydrogen) atoms. The molecule has 0 N–H and O–H groups in total. The van der Waals surface area contributed by atoms with E-state index in [1.165, 1.54) is 25.0 Å². The first-order chi connectivity index (χ1) is 10.6. The van der Waals surface area contributed by atoms with Crippen molar-refractivity contribution < 1.29 is 14.0 Å². The average Bonchev–Trinajstić information content (AvgIpc) is 2.75. The minimum absolute atomic E-state index is 0.00950. The number of hydrogen-bond donors (Lipinski definition) is 0. The summed E-state index contributed by atoms with van der Waals surface area (Å²) >= 11 is 0. The van der Waals surface area contributed by atoms with E-state index in [1.807, 2.05) is 4.90 Å². The van der Waals surface area contributed by atoms with Crippen molar-refractivity contribution in [2.75, 3.05) is 13.1 Å². The maximum Gasteiger partial charge on any atom is 0.269 e. The van der Waals surface area contributed by atoms with Gasteiger partial charge in [0.1, 0.15) is 5.82 Å². The van der Waals surface area contributed by atoms with Crippen molar-refractivity contribution in [1.29, 1.82) is 0 Å². The van der Waals surface area contributed by atoms with E-state index in [1.54, 1.807) is 19.1 Å². The molecule has 0 bridgehead atoms. The van der Waals surface area contributed by atoms with Crippen LogP contribution in [0.5, 0.6) is 0 Å². The van der Waals surface area contributed by atoms with E-state index in [2.05, 4.69) is 5.16 Å². The zero-order chi connectivity index (χ0) is 15.6. The van der Waals surface area contributed by atoms with Crippen LogP contribution in [0, 0.1) is 5.82 Å². The van der Waals surface area contributed by atoms with Gasteiger partial charge in [0.15, 0.2) is 0 Å². The Morgan fingerprint density at radius 3 is 2.45 bits per heavy atom. The van der Waals surface area contributed by atoms with Gasteiger partial charge in [0, 0.05) is 19.5 Å². The third-order valence-electron chi connectivity index (χ3n) is 4.39. The summed E-state index contributed by atoms with van der Waals surface area (Å²) in [7, 11) is 0. The lowest BCUT2D eigenvalue weighted by molar-refractivity contribution is -0.153. The van der Waals surface area contributed by atoms with Crippen molar-refractivity contribution in [2.45, 2.75) is 44.6 Å². The quantitative estimate of drug-likeness (QED) is 0.842. The molecule has 3 rings (SSSR count). The Morgan fingerprint density at radius 2 is 1.82 bits per heavy atom. The SMILES string of the molecule is C[C@]1(C(=O)N2CCCCCC2)CC(c2ccc(F)cc2)=NO1. The summed E-state index contributed by atoms with van der Waals surface area (Å²) in [6.07, 6.45) is 4.88. The van der Waals surface area contributed by atoms with E-state index in [4.69, 9.17) is 4.84 Å². The molecule has 0 spiro atoms. The first kappa shape index (κ1) is 15.0. The van der Waals surface area contributed by atoms with Crippen LogP contribution >= 0.6 is 0 Å². The minimum Gasteiger partial charge on any atom is -0.379 e. The molecule has 2 aliphatic heterocycles. The summed E-state index contributed by atoms with van der Waals surface area (Å²) in [6.45, 7) is 3.38. The number of carbonyl (C=O) groups is 1. The van der Waals surface area contributed by atoms with Crippen molar-refractivity contribution in [3.8, 4) is 0 Å². The fourth-order valence-corrected chi connectivity index (χ4v) is 3.06. The molecule has 1 saturated heterocycles. The van der Waals surface area contributed by atoms with Gasteiger partial charge in [-0.25, -0.2) is 4.39 Å². The molecule has 0 radical (unpaired) electrons. The Morgan fingerprint density at radius 1 is 1.18 bits per heavy atom. The van der Waals surface area contributed by atoms with E-state index in [0.717, 1.165) is 31.5 Å². The molecule has 0 aromatic heterocycles. The summed E-state index contributed by atoms with van der Waals surface area (Å²) in [4.78, 5) is 20.2. The topological polar surface area (TPSA) is 41.9 Å². The van der Waals surface area contributed by atoms with Crippen LogP contribution in [-0.2, 0) is 9.63 Å². The number of carbonyl (C=O) groups excluding carboxylic acids is 1. The summed E-state index contributed by atoms with van der Waals surface area (Å²) in [5.74, 6) is -0.276. The van der Waals surface area contributed by atoms with Gasteiger partial charge in [-0.3, -0.25) is 4.79 Å². The summed E-state index contributed by atoms with van der Waals surface area (Å²) < 4.78 is 13.0. The predicted octanol–water partition coefficient (Wildman–Crippen LogP) is 3.11. The number of halogens is 1. The number of hydrogen-bond acceptors (Lipinski definition) is 3. The standard InChI is InChI=1S/C17H21FN2O2/c1-17(16(21)20-10-4-2-3-5-11-20)12-15(19-22-17)13-6-8-14(18)9-7-13/h6-9H,2-5,10-12H2,1H3/t17-/m1/s1. The zero-order valence-corrected chi connectivity index (χ0v) is 12.8. The van der Waals surface area contributed by atoms with Crippen LogP contribution in [0.15, 0.2) is 29.4 Å². The van der Waals surface area contributed by atoms with Gasteiger partial charge in [-0.05, 0) is 37.5 Å². The second-order valence-electron chi connectivity index (χ2n) is 6.25. The Kier molecular flexibility index (Phi) is 4.14. The number of likely N-dealkylation sites (tertiary alicyclic amines) is 1. The fraction of sp³-hybridized carbons (Fsp3) is 0.529. The van der Waals surface area contributed by atoms with E-state index in [9.17, 15) is 9.18 Å². The van der Waals surface area contributed by atoms with Crippen molar-refractivity contribution in [2.24, 2.45) is 5.16 Å². The molecule has 0 aliphatic carbocycles. The van der Waals surface area contributed by atoms with Gasteiger partial charge in [-0.2, -0.15) is 0 Å². The summed E-state index contributed by atoms with van der Waals surface area (Å²) in [6, 6.07) is 6.12. The highest BCUT2D eigenvalue weighted by atomic mass is 19.1. The maximum absolute atomic E-state index is 13.0. The second-order valence-corrected chi connectivity index (χ2v) is 6.25. The molecular formula is C17H21FN2O2. The van der Waals surface area contributed by atoms with Crippen molar-refractivity contribution in [3.05, 3.63) is 35.6 Å². The lowest BCUT2D eigenvalue weighted by Crippen LogP contribution is -2.47. The van der Waals surface area contributed by atoms with Crippen LogP contribution in [0.1, 0.15) is 44.6 Å². The summed E-state index contributed by atoms with van der Waals surface area (Å²) in [5.41, 5.74) is 0.563. The average molecular weight is 304 g/mol. The molecule has 0 unspecified atom stereocenters. The fourth-order valence-electron chi connectivity index (χ4n) is 3.06. The van der Waals surface area contributed by atoms with Crippen molar-refractivity contribution in [1.82, 2.24) is 4.90 Å². The predicted molar refractivity (Wildman–Crippen MR) is 82.1 cm³/mol. The monoisotopic (exact) mass is 304 g/mol. The van der Waals surface area contributed by atoms with E-state index < -0.39 is 5.60 Å². The van der Waals surface area contributed by atoms with Crippen LogP contribution in [0.2, 0.25) is 0 Å². The van der Waals surface area contributed by atoms with Gasteiger partial charge in [0.05, 0.1) is 5.71 Å². The largest absolute Gasteiger partial charge is 0.379 e. The second kappa shape index (κ2) is 6.07. The van der Waals surface area contributed by atoms with Gasteiger partial charge in [0.2, 0.25) is 5.60 Å². The lowest BCUT2D eigenvalue weighted by atomic mass is 9.94. The summed E-state index contributed by atoms with van der Waals surface area (Å²) in [5, 5.41) is 4.07. The number of nitrogens with zero attached hydrogens (tertiary/aromatic N) is 2. The van der Waals surface area contributed by atoms with Gasteiger partial charge in [0.25, 0.3) is 5.91 Å². The Bertz CT molecular complexity index is 577. The third-order valence-corrected chi connectivity index (χ3v) is 4.39. The molecule has 5 heteroatoms. The third kappa shape index (κ3) is 2.98. The van der Waals surface area contributed by atoms with Crippen LogP contribution in [0.3, 0.4) is 0 Å². The van der Waals surface area contributed by atoms with E-state index in [-0.39, 0.29) is 11.7 Å². The normalized spacial score (nSPS) is 25.4. The smallest absolute Gasteiger partial charge is 0.269 e. The van der Waals surface area contributed by atoms with Gasteiger partial charge in [-0.15, -0.1) is 0 Å². The lowest BCUT2D eigenvalue weighted by Gasteiger charge is -2.29. The first-order valence-electron chi connectivity index (χ1n) is 7.89. The number of oxime groups is 1. The molecule has 1 amide bonds. The minimum atomic E-state index is -0.936. The molecule has 1 fully saturated rings. The molecule has 4 nitrogen and oxygen atoms in total. The molecule has 2 aliphatic rings. The molecule has 118 valence electrons. The van der Waals surface area contributed by atoms with Gasteiger partial charge >= 0.3 is 0 Å². The van der Waals surface area contributed by atoms with Gasteiger partial charge in [-0.1, -0.05) is 30.1 Å². The van der Waals surface area contributed by atoms with Crippen LogP contribution in [0.4, 0.5) is 4.39 Å². The molecule has 2 heterocycles. The molecular weight excluding hydrogens is 283 g/mol. The van der Waals surface area contributed by atoms with E-state index >= 15 is 0 Å². The van der Waals surface area contributed by atoms with Crippen LogP contribution in [-0.4, -0.2) is 35.2 Å². The zero-order valence-electron chi connectivity index (χ0n) is 12.8. The highest BCUT2D eigenvalue weighted by Crippen LogP contribution is 2.29. The Labute approximate surface area is 129 Å². The number of benzene rings is 1. The van der Waals surface area contributed by atoms with Crippen LogP contribution in [0.25, 0.3) is 0 Å². The molecule has 1 aromatic rings. The van der Waals surface area contributed by atoms with Crippen molar-refractivity contribution in [3.63, 3.8) is 0 Å². The highest BCUT2D eigenvalue weighted by molar-refractivity contribution is 6.05. The molecule has 1 aromatic carbocycles. The first-order valence-corrected chi connectivity index (χ1v) is 7.89. The van der Waals surface area contributed by atoms with Crippen LogP contribution < -0.4 is 0 Å².